The number of aryl methyl sites for hydroxylation is 1. The highest BCUT2D eigenvalue weighted by atomic mass is 32.1. The normalized spacial score (nSPS) is 12.1. The molecule has 0 atom stereocenters. The molecule has 6 rings (SSSR count). The van der Waals surface area contributed by atoms with E-state index in [0.29, 0.717) is 5.69 Å². The van der Waals surface area contributed by atoms with Crippen LogP contribution in [0.5, 0.6) is 0 Å². The third kappa shape index (κ3) is 10.5. The third-order valence-corrected chi connectivity index (χ3v) is 9.59. The van der Waals surface area contributed by atoms with Gasteiger partial charge in [0.25, 0.3) is 0 Å². The lowest BCUT2D eigenvalue weighted by molar-refractivity contribution is -0.137. The fraction of sp³-hybridized carbons (Fsp3) is 0.238. The molecule has 0 fully saturated rings. The van der Waals surface area contributed by atoms with Gasteiger partial charge in [0, 0.05) is 21.9 Å². The molecule has 17 heteroatoms. The monoisotopic (exact) mass is 848 g/mol. The number of aromatic nitrogens is 2. The molecule has 4 aromatic carbocycles. The summed E-state index contributed by atoms with van der Waals surface area (Å²) in [5.41, 5.74) is -0.747. The molecule has 0 saturated heterocycles. The van der Waals surface area contributed by atoms with Gasteiger partial charge in [0.05, 0.1) is 39.7 Å². The number of rotatable bonds is 8. The maximum absolute atomic E-state index is 15.3. The van der Waals surface area contributed by atoms with Crippen LogP contribution in [0.2, 0.25) is 0 Å². The van der Waals surface area contributed by atoms with Gasteiger partial charge in [0.1, 0.15) is 22.8 Å². The minimum Gasteiger partial charge on any atom is -0.443 e. The summed E-state index contributed by atoms with van der Waals surface area (Å²) in [4.78, 5) is 38.0. The summed E-state index contributed by atoms with van der Waals surface area (Å²) in [6, 6.07) is 19.2. The van der Waals surface area contributed by atoms with Crippen LogP contribution in [0.15, 0.2) is 106 Å². The van der Waals surface area contributed by atoms with Crippen molar-refractivity contribution in [3.63, 3.8) is 0 Å². The van der Waals surface area contributed by atoms with E-state index in [2.05, 4.69) is 20.2 Å². The topological polar surface area (TPSA) is 110 Å². The number of hydrogen-bond acceptors (Lipinski definition) is 10. The van der Waals surface area contributed by atoms with Crippen molar-refractivity contribution in [1.82, 2.24) is 9.97 Å². The number of azo groups is 1. The Balaban J connectivity index is 1.28. The van der Waals surface area contributed by atoms with Gasteiger partial charge in [-0.3, -0.25) is 0 Å². The van der Waals surface area contributed by atoms with Crippen LogP contribution in [0.4, 0.5) is 64.6 Å². The second-order valence-electron chi connectivity index (χ2n) is 15.1. The molecule has 0 aliphatic carbocycles. The largest absolute Gasteiger partial charge is 0.443 e. The average molecular weight is 849 g/mol. The second kappa shape index (κ2) is 16.7. The highest BCUT2D eigenvalue weighted by molar-refractivity contribution is 7.14. The predicted molar refractivity (Wildman–Crippen MR) is 219 cm³/mol. The Hall–Kier alpha value is -6.07. The Bertz CT molecular complexity index is 2540. The van der Waals surface area contributed by atoms with Crippen LogP contribution in [0, 0.1) is 18.6 Å². The molecule has 0 N–H and O–H groups in total. The molecule has 0 unspecified atom stereocenters. The molecule has 0 aliphatic rings. The van der Waals surface area contributed by atoms with E-state index in [4.69, 9.17) is 9.47 Å². The minimum absolute atomic E-state index is 0.0323. The Labute approximate surface area is 344 Å². The fourth-order valence-corrected chi connectivity index (χ4v) is 7.10. The first kappa shape index (κ1) is 42.5. The molecule has 2 aromatic heterocycles. The lowest BCUT2D eigenvalue weighted by atomic mass is 10.1. The Morgan fingerprint density at radius 2 is 1.07 bits per heavy atom. The molecular formula is C42H37F5N6O4S2. The van der Waals surface area contributed by atoms with Crippen LogP contribution in [-0.2, 0) is 15.7 Å². The molecule has 306 valence electrons. The highest BCUT2D eigenvalue weighted by Crippen LogP contribution is 2.39. The first-order chi connectivity index (χ1) is 27.6. The summed E-state index contributed by atoms with van der Waals surface area (Å²) >= 11 is 2.01. The maximum Gasteiger partial charge on any atom is 0.421 e. The van der Waals surface area contributed by atoms with Crippen molar-refractivity contribution in [2.75, 3.05) is 9.80 Å². The number of ether oxygens (including phenoxy) is 2. The number of alkyl halides is 3. The van der Waals surface area contributed by atoms with E-state index >= 15 is 8.78 Å². The van der Waals surface area contributed by atoms with Gasteiger partial charge in [0.2, 0.25) is 0 Å². The molecule has 10 nitrogen and oxygen atoms in total. The summed E-state index contributed by atoms with van der Waals surface area (Å²) in [5.74, 6) is -1.30. The average Bonchev–Trinajstić information content (AvgIpc) is 3.81. The Morgan fingerprint density at radius 3 is 1.49 bits per heavy atom. The molecule has 0 radical (unpaired) electrons. The molecule has 6 aromatic rings. The number of anilines is 4. The van der Waals surface area contributed by atoms with Crippen LogP contribution in [-0.4, -0.2) is 33.4 Å². The zero-order valence-electron chi connectivity index (χ0n) is 32.8. The molecule has 0 spiro atoms. The zero-order chi connectivity index (χ0) is 42.9. The molecule has 0 saturated carbocycles. The van der Waals surface area contributed by atoms with Crippen molar-refractivity contribution in [3.8, 4) is 22.5 Å². The first-order valence-corrected chi connectivity index (χ1v) is 19.6. The predicted octanol–water partition coefficient (Wildman–Crippen LogP) is 14.1. The zero-order valence-corrected chi connectivity index (χ0v) is 34.4. The number of nitrogens with zero attached hydrogens (tertiary/aromatic N) is 6. The van der Waals surface area contributed by atoms with Crippen LogP contribution in [0.1, 0.15) is 52.7 Å². The van der Waals surface area contributed by atoms with E-state index in [1.165, 1.54) is 46.7 Å². The molecule has 2 heterocycles. The third-order valence-electron chi connectivity index (χ3n) is 7.94. The smallest absolute Gasteiger partial charge is 0.421 e. The summed E-state index contributed by atoms with van der Waals surface area (Å²) in [6.45, 7) is 12.0. The van der Waals surface area contributed by atoms with Crippen LogP contribution >= 0.6 is 22.7 Å². The molecule has 0 bridgehead atoms. The number of amides is 2. The Morgan fingerprint density at radius 1 is 0.627 bits per heavy atom. The van der Waals surface area contributed by atoms with Gasteiger partial charge in [-0.1, -0.05) is 18.2 Å². The van der Waals surface area contributed by atoms with E-state index in [9.17, 15) is 22.8 Å². The summed E-state index contributed by atoms with van der Waals surface area (Å²) in [6.07, 6.45) is -6.33. The van der Waals surface area contributed by atoms with Gasteiger partial charge in [-0.15, -0.1) is 22.7 Å². The lowest BCUT2D eigenvalue weighted by Crippen LogP contribution is -2.34. The summed E-state index contributed by atoms with van der Waals surface area (Å²) in [7, 11) is 0. The number of carbonyl (C=O) groups is 2. The first-order valence-electron chi connectivity index (χ1n) is 17.9. The molecule has 0 aliphatic heterocycles. The van der Waals surface area contributed by atoms with Crippen LogP contribution in [0.25, 0.3) is 22.5 Å². The number of carbonyl (C=O) groups excluding carboxylic acids is 2. The van der Waals surface area contributed by atoms with Gasteiger partial charge < -0.3 is 9.47 Å². The van der Waals surface area contributed by atoms with Gasteiger partial charge >= 0.3 is 18.4 Å². The van der Waals surface area contributed by atoms with E-state index in [-0.39, 0.29) is 49.8 Å². The van der Waals surface area contributed by atoms with E-state index in [1.807, 2.05) is 13.0 Å². The fourth-order valence-electron chi connectivity index (χ4n) is 5.43. The van der Waals surface area contributed by atoms with Gasteiger partial charge in [-0.05, 0) is 121 Å². The van der Waals surface area contributed by atoms with Crippen molar-refractivity contribution < 1.29 is 41.0 Å². The Kier molecular flexibility index (Phi) is 12.0. The second-order valence-corrected chi connectivity index (χ2v) is 16.8. The number of benzene rings is 4. The van der Waals surface area contributed by atoms with Crippen molar-refractivity contribution in [2.24, 2.45) is 10.2 Å². The van der Waals surface area contributed by atoms with Crippen molar-refractivity contribution in [2.45, 2.75) is 65.8 Å². The van der Waals surface area contributed by atoms with Crippen molar-refractivity contribution in [3.05, 3.63) is 118 Å². The SMILES string of the molecule is Cc1cccc(N(C(=O)OC(C)(C)C)c2nc(-c3cc(N=Nc4ccc(F)c(-c5csc(N(C(=O)OC(C)(C)C)c6cccc(C(F)(F)F)c6)n5)c4)ccc3F)cs2)c1. The maximum atomic E-state index is 15.3. The number of thiazole rings is 2. The minimum atomic E-state index is -4.69. The van der Waals surface area contributed by atoms with E-state index in [1.54, 1.807) is 65.1 Å². The highest BCUT2D eigenvalue weighted by Gasteiger charge is 2.34. The quantitative estimate of drug-likeness (QED) is 0.111. The summed E-state index contributed by atoms with van der Waals surface area (Å²) < 4.78 is 82.6. The standard InChI is InChI=1S/C42H37F5N6O4S2/c1-24-10-8-12-28(18-24)52(38(54)56-40(2,3)4)36-48-34(22-58-36)30-20-26(14-16-32(30)43)50-51-27-15-17-33(44)31(21-27)35-23-59-37(49-35)53(39(55)57-41(5,6)7)29-13-9-11-25(19-29)42(45,46)47/h8-23H,1-7H3. The van der Waals surface area contributed by atoms with Crippen LogP contribution in [0.3, 0.4) is 0 Å². The van der Waals surface area contributed by atoms with Crippen molar-refractivity contribution in [1.29, 1.82) is 0 Å². The van der Waals surface area contributed by atoms with Crippen molar-refractivity contribution >= 4 is 67.9 Å². The van der Waals surface area contributed by atoms with Gasteiger partial charge in [0.15, 0.2) is 10.3 Å². The van der Waals surface area contributed by atoms with E-state index < -0.39 is 46.8 Å². The lowest BCUT2D eigenvalue weighted by Gasteiger charge is -2.26. The van der Waals surface area contributed by atoms with E-state index in [0.717, 1.165) is 57.4 Å². The van der Waals surface area contributed by atoms with Gasteiger partial charge in [-0.25, -0.2) is 38.1 Å². The molecular weight excluding hydrogens is 812 g/mol. The molecule has 2 amide bonds. The molecule has 59 heavy (non-hydrogen) atoms. The van der Waals surface area contributed by atoms with Gasteiger partial charge in [-0.2, -0.15) is 23.4 Å². The number of halogens is 5. The summed E-state index contributed by atoms with van der Waals surface area (Å²) in [5, 5.41) is 11.7. The van der Waals surface area contributed by atoms with Crippen LogP contribution < -0.4 is 9.80 Å². The number of hydrogen-bond donors (Lipinski definition) is 0.